The molecule has 4 nitrogen and oxygen atoms in total. The highest BCUT2D eigenvalue weighted by atomic mass is 32.1. The average Bonchev–Trinajstić information content (AvgIpc) is 2.61. The fourth-order valence-electron chi connectivity index (χ4n) is 1.81. The summed E-state index contributed by atoms with van der Waals surface area (Å²) in [6, 6.07) is 0. The van der Waals surface area contributed by atoms with Crippen molar-refractivity contribution in [2.24, 2.45) is 5.92 Å². The zero-order valence-electron chi connectivity index (χ0n) is 10.1. The first-order valence-corrected chi connectivity index (χ1v) is 6.62. The summed E-state index contributed by atoms with van der Waals surface area (Å²) < 4.78 is 4.31. The summed E-state index contributed by atoms with van der Waals surface area (Å²) >= 11 is 1.44. The second-order valence-electron chi connectivity index (χ2n) is 4.86. The van der Waals surface area contributed by atoms with E-state index in [0.717, 1.165) is 23.8 Å². The number of rotatable bonds is 4. The van der Waals surface area contributed by atoms with E-state index < -0.39 is 5.60 Å². The minimum atomic E-state index is -0.531. The van der Waals surface area contributed by atoms with Gasteiger partial charge in [0.2, 0.25) is 5.13 Å². The molecule has 1 aliphatic rings. The molecule has 0 radical (unpaired) electrons. The minimum Gasteiger partial charge on any atom is -0.386 e. The monoisotopic (exact) mass is 241 g/mol. The Morgan fingerprint density at radius 3 is 2.75 bits per heavy atom. The summed E-state index contributed by atoms with van der Waals surface area (Å²) in [6.45, 7) is 7.61. The van der Waals surface area contributed by atoms with E-state index in [1.54, 1.807) is 0 Å². The van der Waals surface area contributed by atoms with Crippen LogP contribution in [0.5, 0.6) is 0 Å². The van der Waals surface area contributed by atoms with Crippen molar-refractivity contribution in [3.63, 3.8) is 0 Å². The first kappa shape index (κ1) is 11.8. The van der Waals surface area contributed by atoms with Crippen molar-refractivity contribution in [3.05, 3.63) is 5.82 Å². The summed E-state index contributed by atoms with van der Waals surface area (Å²) in [5, 5.41) is 11.1. The van der Waals surface area contributed by atoms with Gasteiger partial charge in [-0.3, -0.25) is 0 Å². The molecule has 1 aliphatic heterocycles. The van der Waals surface area contributed by atoms with Gasteiger partial charge in [-0.2, -0.15) is 4.37 Å². The quantitative estimate of drug-likeness (QED) is 0.871. The molecule has 16 heavy (non-hydrogen) atoms. The van der Waals surface area contributed by atoms with Crippen LogP contribution in [0, 0.1) is 5.92 Å². The van der Waals surface area contributed by atoms with Crippen LogP contribution in [0.1, 0.15) is 33.0 Å². The summed E-state index contributed by atoms with van der Waals surface area (Å²) in [5.74, 6) is 1.23. The lowest BCUT2D eigenvalue weighted by molar-refractivity contribution is -0.0300. The molecule has 1 N–H and O–H groups in total. The van der Waals surface area contributed by atoms with E-state index in [-0.39, 0.29) is 0 Å². The van der Waals surface area contributed by atoms with E-state index in [4.69, 9.17) is 0 Å². The van der Waals surface area contributed by atoms with Crippen molar-refractivity contribution in [2.45, 2.75) is 39.2 Å². The minimum absolute atomic E-state index is 0.298. The molecule has 0 amide bonds. The molecule has 1 saturated heterocycles. The lowest BCUT2D eigenvalue weighted by Crippen LogP contribution is -2.64. The summed E-state index contributed by atoms with van der Waals surface area (Å²) in [7, 11) is 0. The van der Waals surface area contributed by atoms with Crippen LogP contribution in [0.25, 0.3) is 0 Å². The fourth-order valence-corrected chi connectivity index (χ4v) is 2.52. The molecule has 0 unspecified atom stereocenters. The van der Waals surface area contributed by atoms with E-state index in [1.165, 1.54) is 11.5 Å². The Morgan fingerprint density at radius 1 is 1.50 bits per heavy atom. The van der Waals surface area contributed by atoms with Crippen molar-refractivity contribution in [3.8, 4) is 0 Å². The van der Waals surface area contributed by atoms with Crippen molar-refractivity contribution in [1.82, 2.24) is 9.36 Å². The molecule has 1 aromatic heterocycles. The average molecular weight is 241 g/mol. The van der Waals surface area contributed by atoms with Crippen molar-refractivity contribution in [1.29, 1.82) is 0 Å². The van der Waals surface area contributed by atoms with Gasteiger partial charge in [-0.05, 0) is 12.3 Å². The van der Waals surface area contributed by atoms with Gasteiger partial charge in [0.15, 0.2) is 0 Å². The van der Waals surface area contributed by atoms with E-state index in [2.05, 4.69) is 35.0 Å². The molecule has 1 fully saturated rings. The molecular formula is C11H19N3OS. The number of nitrogens with zero attached hydrogens (tertiary/aromatic N) is 3. The normalized spacial score (nSPS) is 18.9. The molecular weight excluding hydrogens is 222 g/mol. The molecule has 0 aliphatic carbocycles. The number of aromatic nitrogens is 2. The molecule has 0 atom stereocenters. The second-order valence-corrected chi connectivity index (χ2v) is 5.59. The summed E-state index contributed by atoms with van der Waals surface area (Å²) in [6.07, 6.45) is 2.02. The van der Waals surface area contributed by atoms with Crippen LogP contribution < -0.4 is 4.90 Å². The van der Waals surface area contributed by atoms with Crippen LogP contribution in [0.3, 0.4) is 0 Å². The maximum atomic E-state index is 10.1. The molecule has 0 bridgehead atoms. The van der Waals surface area contributed by atoms with Gasteiger partial charge >= 0.3 is 0 Å². The highest BCUT2D eigenvalue weighted by Gasteiger charge is 2.44. The Balaban J connectivity index is 1.96. The maximum Gasteiger partial charge on any atom is 0.205 e. The van der Waals surface area contributed by atoms with Crippen LogP contribution in [0.4, 0.5) is 5.13 Å². The van der Waals surface area contributed by atoms with E-state index in [9.17, 15) is 5.11 Å². The number of β-amino-alcohol motifs (C(OH)–C–C–N with tert-alkyl or cyclic N) is 1. The van der Waals surface area contributed by atoms with E-state index in [0.29, 0.717) is 19.0 Å². The van der Waals surface area contributed by atoms with Gasteiger partial charge < -0.3 is 10.0 Å². The summed E-state index contributed by atoms with van der Waals surface area (Å²) in [4.78, 5) is 6.58. The van der Waals surface area contributed by atoms with Gasteiger partial charge in [0.1, 0.15) is 11.4 Å². The Hall–Kier alpha value is -0.680. The van der Waals surface area contributed by atoms with E-state index >= 15 is 0 Å². The SMILES string of the molecule is CCCc1nsc(N2CC(O)(C(C)C)C2)n1. The predicted octanol–water partition coefficient (Wildman–Crippen LogP) is 1.70. The Labute approximate surface area is 100 Å². The van der Waals surface area contributed by atoms with Gasteiger partial charge in [-0.15, -0.1) is 0 Å². The van der Waals surface area contributed by atoms with Gasteiger partial charge in [-0.25, -0.2) is 4.98 Å². The number of hydrogen-bond donors (Lipinski definition) is 1. The molecule has 2 rings (SSSR count). The van der Waals surface area contributed by atoms with Crippen molar-refractivity contribution < 1.29 is 5.11 Å². The van der Waals surface area contributed by atoms with Gasteiger partial charge in [-0.1, -0.05) is 20.8 Å². The van der Waals surface area contributed by atoms with Crippen LogP contribution in [-0.4, -0.2) is 33.2 Å². The smallest absolute Gasteiger partial charge is 0.205 e. The third kappa shape index (κ3) is 2.06. The maximum absolute atomic E-state index is 10.1. The highest BCUT2D eigenvalue weighted by molar-refractivity contribution is 7.09. The number of aryl methyl sites for hydroxylation is 1. The van der Waals surface area contributed by atoms with E-state index in [1.807, 2.05) is 0 Å². The number of hydrogen-bond acceptors (Lipinski definition) is 5. The largest absolute Gasteiger partial charge is 0.386 e. The van der Waals surface area contributed by atoms with Gasteiger partial charge in [0.05, 0.1) is 13.1 Å². The number of anilines is 1. The van der Waals surface area contributed by atoms with Gasteiger partial charge in [0, 0.05) is 18.0 Å². The van der Waals surface area contributed by atoms with Crippen LogP contribution in [-0.2, 0) is 6.42 Å². The molecule has 0 spiro atoms. The number of aliphatic hydroxyl groups is 1. The predicted molar refractivity (Wildman–Crippen MR) is 65.9 cm³/mol. The lowest BCUT2D eigenvalue weighted by Gasteiger charge is -2.48. The van der Waals surface area contributed by atoms with Crippen molar-refractivity contribution >= 4 is 16.7 Å². The first-order valence-electron chi connectivity index (χ1n) is 5.85. The Kier molecular flexibility index (Phi) is 3.17. The molecule has 1 aromatic rings. The zero-order valence-corrected chi connectivity index (χ0v) is 10.9. The van der Waals surface area contributed by atoms with Crippen LogP contribution in [0.2, 0.25) is 0 Å². The third-order valence-corrected chi connectivity index (χ3v) is 4.02. The van der Waals surface area contributed by atoms with Gasteiger partial charge in [0.25, 0.3) is 0 Å². The van der Waals surface area contributed by atoms with Crippen molar-refractivity contribution in [2.75, 3.05) is 18.0 Å². The Morgan fingerprint density at radius 2 is 2.19 bits per heavy atom. The molecule has 0 aromatic carbocycles. The van der Waals surface area contributed by atoms with Crippen LogP contribution >= 0.6 is 11.5 Å². The molecule has 0 saturated carbocycles. The fraction of sp³-hybridized carbons (Fsp3) is 0.818. The standard InChI is InChI=1S/C11H19N3OS/c1-4-5-9-12-10(16-13-9)14-6-11(15,7-14)8(2)3/h8,15H,4-7H2,1-3H3. The zero-order chi connectivity index (χ0) is 11.8. The molecule has 90 valence electrons. The summed E-state index contributed by atoms with van der Waals surface area (Å²) in [5.41, 5.74) is -0.531. The molecule has 5 heteroatoms. The second kappa shape index (κ2) is 4.30. The highest BCUT2D eigenvalue weighted by Crippen LogP contribution is 2.33. The third-order valence-electron chi connectivity index (χ3n) is 3.21. The topological polar surface area (TPSA) is 49.2 Å². The Bertz CT molecular complexity index is 358. The van der Waals surface area contributed by atoms with Crippen LogP contribution in [0.15, 0.2) is 0 Å². The molecule has 2 heterocycles. The first-order chi connectivity index (χ1) is 7.55. The lowest BCUT2D eigenvalue weighted by atomic mass is 9.83.